The van der Waals surface area contributed by atoms with Gasteiger partial charge in [0.15, 0.2) is 0 Å². The summed E-state index contributed by atoms with van der Waals surface area (Å²) in [5, 5.41) is 18.2. The first-order valence-electron chi connectivity index (χ1n) is 5.81. The molecule has 1 rings (SSSR count). The molecule has 0 bridgehead atoms. The molecule has 3 heteroatoms. The van der Waals surface area contributed by atoms with Gasteiger partial charge in [-0.2, -0.15) is 0 Å². The Morgan fingerprint density at radius 2 is 1.93 bits per heavy atom. The lowest BCUT2D eigenvalue weighted by atomic mass is 9.94. The first-order chi connectivity index (χ1) is 6.77. The standard InChI is InChI=1S/C11H23NO2/c1-2-12(8-11(14)9-13)10-6-4-3-5-7-10/h10-11,13-14H,2-9H2,1H3. The van der Waals surface area contributed by atoms with Crippen LogP contribution in [0.5, 0.6) is 0 Å². The largest absolute Gasteiger partial charge is 0.394 e. The molecule has 0 heterocycles. The number of aliphatic hydroxyl groups excluding tert-OH is 2. The predicted molar refractivity (Wildman–Crippen MR) is 57.2 cm³/mol. The van der Waals surface area contributed by atoms with E-state index in [9.17, 15) is 5.11 Å². The number of rotatable bonds is 5. The molecule has 2 N–H and O–H groups in total. The minimum Gasteiger partial charge on any atom is -0.394 e. The Morgan fingerprint density at radius 3 is 2.43 bits per heavy atom. The molecule has 0 radical (unpaired) electrons. The van der Waals surface area contributed by atoms with Crippen molar-refractivity contribution in [2.45, 2.75) is 51.2 Å². The van der Waals surface area contributed by atoms with Crippen LogP contribution in [0.1, 0.15) is 39.0 Å². The van der Waals surface area contributed by atoms with E-state index in [4.69, 9.17) is 5.11 Å². The number of aliphatic hydroxyl groups is 2. The lowest BCUT2D eigenvalue weighted by Gasteiger charge is -2.34. The van der Waals surface area contributed by atoms with Crippen LogP contribution in [0.2, 0.25) is 0 Å². The molecule has 0 aromatic heterocycles. The average Bonchev–Trinajstić information content (AvgIpc) is 2.26. The summed E-state index contributed by atoms with van der Waals surface area (Å²) in [6, 6.07) is 0.634. The van der Waals surface area contributed by atoms with Crippen LogP contribution in [0.15, 0.2) is 0 Å². The highest BCUT2D eigenvalue weighted by atomic mass is 16.3. The molecule has 0 aromatic carbocycles. The number of hydrogen-bond donors (Lipinski definition) is 2. The third kappa shape index (κ3) is 3.56. The Hall–Kier alpha value is -0.120. The van der Waals surface area contributed by atoms with Crippen molar-refractivity contribution in [3.05, 3.63) is 0 Å². The van der Waals surface area contributed by atoms with E-state index in [0.717, 1.165) is 6.54 Å². The third-order valence-electron chi connectivity index (χ3n) is 3.15. The predicted octanol–water partition coefficient (Wildman–Crippen LogP) is 0.994. The molecule has 0 amide bonds. The molecular formula is C11H23NO2. The summed E-state index contributed by atoms with van der Waals surface area (Å²) >= 11 is 0. The maximum Gasteiger partial charge on any atom is 0.0897 e. The van der Waals surface area contributed by atoms with Gasteiger partial charge in [0.25, 0.3) is 0 Å². The molecule has 1 atom stereocenters. The molecule has 1 unspecified atom stereocenters. The zero-order chi connectivity index (χ0) is 10.4. The zero-order valence-electron chi connectivity index (χ0n) is 9.15. The first kappa shape index (κ1) is 12.0. The van der Waals surface area contributed by atoms with Crippen LogP contribution in [0, 0.1) is 0 Å². The SMILES string of the molecule is CCN(CC(O)CO)C1CCCCC1. The van der Waals surface area contributed by atoms with Gasteiger partial charge >= 0.3 is 0 Å². The number of hydrogen-bond acceptors (Lipinski definition) is 3. The van der Waals surface area contributed by atoms with Crippen LogP contribution in [0.3, 0.4) is 0 Å². The average molecular weight is 201 g/mol. The fourth-order valence-electron chi connectivity index (χ4n) is 2.31. The van der Waals surface area contributed by atoms with Crippen LogP contribution >= 0.6 is 0 Å². The lowest BCUT2D eigenvalue weighted by molar-refractivity contribution is 0.0393. The molecule has 1 aliphatic carbocycles. The minimum atomic E-state index is -0.572. The Bertz CT molecular complexity index is 146. The van der Waals surface area contributed by atoms with Crippen molar-refractivity contribution in [3.8, 4) is 0 Å². The highest BCUT2D eigenvalue weighted by molar-refractivity contribution is 4.76. The number of nitrogens with zero attached hydrogens (tertiary/aromatic N) is 1. The third-order valence-corrected chi connectivity index (χ3v) is 3.15. The van der Waals surface area contributed by atoms with E-state index in [-0.39, 0.29) is 6.61 Å². The van der Waals surface area contributed by atoms with E-state index in [2.05, 4.69) is 11.8 Å². The summed E-state index contributed by atoms with van der Waals surface area (Å²) < 4.78 is 0. The van der Waals surface area contributed by atoms with Crippen molar-refractivity contribution in [2.24, 2.45) is 0 Å². The van der Waals surface area contributed by atoms with E-state index >= 15 is 0 Å². The topological polar surface area (TPSA) is 43.7 Å². The van der Waals surface area contributed by atoms with Crippen LogP contribution in [-0.2, 0) is 0 Å². The summed E-state index contributed by atoms with van der Waals surface area (Å²) in [5.41, 5.74) is 0. The number of likely N-dealkylation sites (N-methyl/N-ethyl adjacent to an activating group) is 1. The monoisotopic (exact) mass is 201 g/mol. The van der Waals surface area contributed by atoms with Gasteiger partial charge in [0, 0.05) is 12.6 Å². The first-order valence-corrected chi connectivity index (χ1v) is 5.81. The Kier molecular flexibility index (Phi) is 5.45. The minimum absolute atomic E-state index is 0.122. The van der Waals surface area contributed by atoms with Crippen molar-refractivity contribution >= 4 is 0 Å². The summed E-state index contributed by atoms with van der Waals surface area (Å²) in [4.78, 5) is 2.31. The molecule has 0 aliphatic heterocycles. The van der Waals surface area contributed by atoms with Crippen LogP contribution in [0.25, 0.3) is 0 Å². The van der Waals surface area contributed by atoms with Gasteiger partial charge in [0.05, 0.1) is 12.7 Å². The molecule has 84 valence electrons. The van der Waals surface area contributed by atoms with Crippen molar-refractivity contribution in [2.75, 3.05) is 19.7 Å². The highest BCUT2D eigenvalue weighted by Crippen LogP contribution is 2.22. The molecule has 3 nitrogen and oxygen atoms in total. The summed E-state index contributed by atoms with van der Waals surface area (Å²) in [5.74, 6) is 0. The second kappa shape index (κ2) is 6.38. The van der Waals surface area contributed by atoms with Gasteiger partial charge in [-0.1, -0.05) is 26.2 Å². The fourth-order valence-corrected chi connectivity index (χ4v) is 2.31. The second-order valence-electron chi connectivity index (χ2n) is 4.22. The van der Waals surface area contributed by atoms with Crippen molar-refractivity contribution < 1.29 is 10.2 Å². The van der Waals surface area contributed by atoms with Gasteiger partial charge in [-0.25, -0.2) is 0 Å². The fraction of sp³-hybridized carbons (Fsp3) is 1.00. The molecule has 1 fully saturated rings. The van der Waals surface area contributed by atoms with E-state index in [0.29, 0.717) is 12.6 Å². The highest BCUT2D eigenvalue weighted by Gasteiger charge is 2.21. The smallest absolute Gasteiger partial charge is 0.0897 e. The van der Waals surface area contributed by atoms with E-state index in [1.165, 1.54) is 32.1 Å². The van der Waals surface area contributed by atoms with Crippen molar-refractivity contribution in [1.29, 1.82) is 0 Å². The molecule has 1 aliphatic rings. The van der Waals surface area contributed by atoms with Crippen LogP contribution in [0.4, 0.5) is 0 Å². The Morgan fingerprint density at radius 1 is 1.29 bits per heavy atom. The van der Waals surface area contributed by atoms with Gasteiger partial charge in [-0.05, 0) is 19.4 Å². The van der Waals surface area contributed by atoms with Gasteiger partial charge in [0.2, 0.25) is 0 Å². The van der Waals surface area contributed by atoms with E-state index < -0.39 is 6.10 Å². The lowest BCUT2D eigenvalue weighted by Crippen LogP contribution is -2.42. The van der Waals surface area contributed by atoms with Crippen LogP contribution < -0.4 is 0 Å². The summed E-state index contributed by atoms with van der Waals surface area (Å²) in [6.45, 7) is 3.60. The second-order valence-corrected chi connectivity index (χ2v) is 4.22. The van der Waals surface area contributed by atoms with Crippen LogP contribution in [-0.4, -0.2) is 47.0 Å². The molecule has 0 saturated heterocycles. The molecular weight excluding hydrogens is 178 g/mol. The molecule has 0 spiro atoms. The summed E-state index contributed by atoms with van der Waals surface area (Å²) in [7, 11) is 0. The quantitative estimate of drug-likeness (QED) is 0.697. The van der Waals surface area contributed by atoms with Crippen molar-refractivity contribution in [3.63, 3.8) is 0 Å². The normalized spacial score (nSPS) is 21.4. The molecule has 1 saturated carbocycles. The van der Waals surface area contributed by atoms with Crippen molar-refractivity contribution in [1.82, 2.24) is 4.90 Å². The Labute approximate surface area is 86.7 Å². The maximum atomic E-state index is 9.40. The van der Waals surface area contributed by atoms with E-state index in [1.807, 2.05) is 0 Å². The zero-order valence-corrected chi connectivity index (χ0v) is 9.15. The Balaban J connectivity index is 2.35. The van der Waals surface area contributed by atoms with Gasteiger partial charge in [0.1, 0.15) is 0 Å². The maximum absolute atomic E-state index is 9.40. The molecule has 0 aromatic rings. The molecule has 14 heavy (non-hydrogen) atoms. The van der Waals surface area contributed by atoms with E-state index in [1.54, 1.807) is 0 Å². The van der Waals surface area contributed by atoms with Gasteiger partial charge in [-0.3, -0.25) is 4.90 Å². The summed E-state index contributed by atoms with van der Waals surface area (Å²) in [6.07, 6.45) is 5.93. The van der Waals surface area contributed by atoms with Gasteiger partial charge < -0.3 is 10.2 Å². The van der Waals surface area contributed by atoms with Gasteiger partial charge in [-0.15, -0.1) is 0 Å².